The fourth-order valence-electron chi connectivity index (χ4n) is 5.03. The molecular weight excluding hydrogens is 344 g/mol. The molecule has 1 aliphatic carbocycles. The Bertz CT molecular complexity index is 1240. The number of aromatic nitrogens is 2. The van der Waals surface area contributed by atoms with E-state index in [2.05, 4.69) is 93.5 Å². The molecule has 3 aromatic heterocycles. The van der Waals surface area contributed by atoms with Crippen molar-refractivity contribution in [2.24, 2.45) is 7.05 Å². The molecule has 144 valence electrons. The van der Waals surface area contributed by atoms with Crippen molar-refractivity contribution in [1.29, 1.82) is 0 Å². The minimum Gasteiger partial charge on any atom is -0.447 e. The van der Waals surface area contributed by atoms with Crippen LogP contribution < -0.4 is 4.57 Å². The molecule has 0 unspecified atom stereocenters. The van der Waals surface area contributed by atoms with Crippen molar-refractivity contribution in [3.8, 4) is 5.82 Å². The molecule has 4 aromatic rings. The van der Waals surface area contributed by atoms with Crippen LogP contribution in [0.1, 0.15) is 57.4 Å². The predicted molar refractivity (Wildman–Crippen MR) is 114 cm³/mol. The first-order chi connectivity index (χ1) is 13.2. The van der Waals surface area contributed by atoms with Gasteiger partial charge < -0.3 is 4.42 Å². The molecule has 0 N–H and O–H groups in total. The van der Waals surface area contributed by atoms with Crippen LogP contribution in [0.15, 0.2) is 47.1 Å². The van der Waals surface area contributed by atoms with Gasteiger partial charge in [0.1, 0.15) is 11.3 Å². The standard InChI is InChI=1S/C25H29N2O/c1-16-8-7-14-27(16)23-22-18(11-15-26(23)6)17-9-10-19-20(21(17)28-22)25(4,5)13-12-24(19,2)3/h7-11,14-15H,12-13H2,1-6H3/q+1. The largest absolute Gasteiger partial charge is 0.447 e. The fraction of sp³-hybridized carbons (Fsp3) is 0.400. The summed E-state index contributed by atoms with van der Waals surface area (Å²) in [6, 6.07) is 11.0. The Hall–Kier alpha value is -2.55. The molecule has 3 heterocycles. The lowest BCUT2D eigenvalue weighted by atomic mass is 9.63. The summed E-state index contributed by atoms with van der Waals surface area (Å²) in [7, 11) is 2.09. The van der Waals surface area contributed by atoms with Crippen LogP contribution in [0.4, 0.5) is 0 Å². The van der Waals surface area contributed by atoms with E-state index < -0.39 is 0 Å². The Kier molecular flexibility index (Phi) is 3.44. The Labute approximate surface area is 166 Å². The molecule has 0 bridgehead atoms. The first-order valence-corrected chi connectivity index (χ1v) is 10.2. The van der Waals surface area contributed by atoms with Gasteiger partial charge in [-0.1, -0.05) is 39.8 Å². The van der Waals surface area contributed by atoms with Crippen molar-refractivity contribution in [1.82, 2.24) is 4.57 Å². The highest BCUT2D eigenvalue weighted by Gasteiger charge is 2.40. The molecular formula is C25H29N2O+. The Morgan fingerprint density at radius 3 is 2.36 bits per heavy atom. The normalized spacial score (nSPS) is 17.9. The number of furan rings is 1. The lowest BCUT2D eigenvalue weighted by molar-refractivity contribution is -0.664. The average molecular weight is 374 g/mol. The summed E-state index contributed by atoms with van der Waals surface area (Å²) in [5.41, 5.74) is 6.38. The van der Waals surface area contributed by atoms with E-state index in [0.29, 0.717) is 0 Å². The van der Waals surface area contributed by atoms with Gasteiger partial charge in [0.05, 0.1) is 19.4 Å². The van der Waals surface area contributed by atoms with E-state index in [4.69, 9.17) is 4.42 Å². The summed E-state index contributed by atoms with van der Waals surface area (Å²) in [6.45, 7) is 11.6. The van der Waals surface area contributed by atoms with Crippen molar-refractivity contribution >= 4 is 21.9 Å². The summed E-state index contributed by atoms with van der Waals surface area (Å²) < 4.78 is 11.1. The van der Waals surface area contributed by atoms with Crippen LogP contribution in [-0.4, -0.2) is 4.57 Å². The van der Waals surface area contributed by atoms with Gasteiger partial charge >= 0.3 is 5.82 Å². The van der Waals surface area contributed by atoms with Crippen molar-refractivity contribution in [2.75, 3.05) is 0 Å². The van der Waals surface area contributed by atoms with Crippen LogP contribution in [0.5, 0.6) is 0 Å². The summed E-state index contributed by atoms with van der Waals surface area (Å²) in [5.74, 6) is 1.08. The molecule has 0 atom stereocenters. The maximum Gasteiger partial charge on any atom is 0.330 e. The van der Waals surface area contributed by atoms with E-state index in [1.54, 1.807) is 0 Å². The predicted octanol–water partition coefficient (Wildman–Crippen LogP) is 5.86. The second-order valence-electron chi connectivity index (χ2n) is 9.75. The Morgan fingerprint density at radius 1 is 0.929 bits per heavy atom. The quantitative estimate of drug-likeness (QED) is 0.383. The van der Waals surface area contributed by atoms with Crippen LogP contribution in [-0.2, 0) is 17.9 Å². The van der Waals surface area contributed by atoms with Crippen LogP contribution in [0, 0.1) is 6.92 Å². The van der Waals surface area contributed by atoms with E-state index >= 15 is 0 Å². The van der Waals surface area contributed by atoms with Crippen LogP contribution in [0.25, 0.3) is 27.8 Å². The molecule has 0 saturated heterocycles. The molecule has 0 radical (unpaired) electrons. The lowest BCUT2D eigenvalue weighted by Crippen LogP contribution is -2.33. The number of fused-ring (bicyclic) bond motifs is 5. The number of hydrogen-bond donors (Lipinski definition) is 0. The first-order valence-electron chi connectivity index (χ1n) is 10.2. The van der Waals surface area contributed by atoms with E-state index in [1.807, 2.05) is 0 Å². The number of nitrogens with zero attached hydrogens (tertiary/aromatic N) is 2. The van der Waals surface area contributed by atoms with E-state index in [9.17, 15) is 0 Å². The van der Waals surface area contributed by atoms with Crippen molar-refractivity contribution in [2.45, 2.75) is 58.3 Å². The van der Waals surface area contributed by atoms with Crippen LogP contribution >= 0.6 is 0 Å². The summed E-state index contributed by atoms with van der Waals surface area (Å²) >= 11 is 0. The van der Waals surface area contributed by atoms with Crippen molar-refractivity contribution in [3.63, 3.8) is 0 Å². The Balaban J connectivity index is 1.94. The van der Waals surface area contributed by atoms with Gasteiger partial charge in [0.15, 0.2) is 0 Å². The molecule has 0 aliphatic heterocycles. The molecule has 0 saturated carbocycles. The molecule has 1 aliphatic rings. The third-order valence-electron chi connectivity index (χ3n) is 6.86. The monoisotopic (exact) mass is 373 g/mol. The van der Waals surface area contributed by atoms with E-state index in [-0.39, 0.29) is 10.8 Å². The van der Waals surface area contributed by atoms with Crippen molar-refractivity contribution < 1.29 is 8.98 Å². The highest BCUT2D eigenvalue weighted by Crippen LogP contribution is 2.50. The fourth-order valence-corrected chi connectivity index (χ4v) is 5.03. The van der Waals surface area contributed by atoms with Gasteiger partial charge in [0.2, 0.25) is 5.58 Å². The highest BCUT2D eigenvalue weighted by molar-refractivity contribution is 6.08. The molecule has 5 rings (SSSR count). The van der Waals surface area contributed by atoms with Gasteiger partial charge in [0.25, 0.3) is 0 Å². The van der Waals surface area contributed by atoms with Gasteiger partial charge in [-0.15, -0.1) is 0 Å². The first kappa shape index (κ1) is 17.5. The number of hydrogen-bond acceptors (Lipinski definition) is 1. The van der Waals surface area contributed by atoms with Gasteiger partial charge in [-0.05, 0) is 54.4 Å². The zero-order valence-corrected chi connectivity index (χ0v) is 17.8. The Morgan fingerprint density at radius 2 is 1.64 bits per heavy atom. The maximum absolute atomic E-state index is 6.73. The zero-order valence-electron chi connectivity index (χ0n) is 17.8. The number of rotatable bonds is 1. The second kappa shape index (κ2) is 5.50. The number of benzene rings is 1. The third-order valence-corrected chi connectivity index (χ3v) is 6.86. The molecule has 28 heavy (non-hydrogen) atoms. The van der Waals surface area contributed by atoms with Gasteiger partial charge in [-0.3, -0.25) is 0 Å². The van der Waals surface area contributed by atoms with Crippen molar-refractivity contribution in [3.05, 3.63) is 59.5 Å². The maximum atomic E-state index is 6.73. The minimum atomic E-state index is 0.115. The number of aryl methyl sites for hydroxylation is 2. The van der Waals surface area contributed by atoms with Gasteiger partial charge in [0, 0.05) is 16.3 Å². The SMILES string of the molecule is Cc1cccn1-c1c2oc3c4c(ccc3c2cc[n+]1C)C(C)(C)CCC4(C)C. The zero-order chi connectivity index (χ0) is 19.8. The third kappa shape index (κ3) is 2.25. The minimum absolute atomic E-state index is 0.115. The van der Waals surface area contributed by atoms with E-state index in [1.165, 1.54) is 40.4 Å². The summed E-state index contributed by atoms with van der Waals surface area (Å²) in [5, 5.41) is 2.42. The van der Waals surface area contributed by atoms with Crippen LogP contribution in [0.2, 0.25) is 0 Å². The van der Waals surface area contributed by atoms with Gasteiger partial charge in [-0.25, -0.2) is 9.13 Å². The summed E-state index contributed by atoms with van der Waals surface area (Å²) in [4.78, 5) is 0. The molecule has 0 fully saturated rings. The molecule has 3 nitrogen and oxygen atoms in total. The van der Waals surface area contributed by atoms with Gasteiger partial charge in [-0.2, -0.15) is 0 Å². The van der Waals surface area contributed by atoms with Crippen LogP contribution in [0.3, 0.4) is 0 Å². The summed E-state index contributed by atoms with van der Waals surface area (Å²) in [6.07, 6.45) is 6.64. The average Bonchev–Trinajstić information content (AvgIpc) is 3.21. The molecule has 1 aromatic carbocycles. The molecule has 3 heteroatoms. The highest BCUT2D eigenvalue weighted by atomic mass is 16.3. The molecule has 0 amide bonds. The second-order valence-corrected chi connectivity index (χ2v) is 9.75. The molecule has 0 spiro atoms. The number of pyridine rings is 1. The lowest BCUT2D eigenvalue weighted by Gasteiger charge is -2.41. The topological polar surface area (TPSA) is 21.9 Å². The smallest absolute Gasteiger partial charge is 0.330 e. The van der Waals surface area contributed by atoms with E-state index in [0.717, 1.165) is 17.0 Å².